The quantitative estimate of drug-likeness (QED) is 0.583. The summed E-state index contributed by atoms with van der Waals surface area (Å²) in [4.78, 5) is 29.5. The molecule has 0 spiro atoms. The van der Waals surface area contributed by atoms with E-state index in [1.165, 1.54) is 17.2 Å². The second kappa shape index (κ2) is 9.68. The van der Waals surface area contributed by atoms with Gasteiger partial charge in [-0.05, 0) is 49.6 Å². The van der Waals surface area contributed by atoms with Crippen LogP contribution in [0.15, 0.2) is 61.1 Å². The lowest BCUT2D eigenvalue weighted by Crippen LogP contribution is -2.50. The van der Waals surface area contributed by atoms with Crippen LogP contribution in [0.5, 0.6) is 5.75 Å². The topological polar surface area (TPSA) is 76.5 Å². The molecule has 33 heavy (non-hydrogen) atoms. The van der Waals surface area contributed by atoms with E-state index in [1.807, 2.05) is 35.9 Å². The Labute approximate surface area is 191 Å². The zero-order valence-electron chi connectivity index (χ0n) is 18.5. The lowest BCUT2D eigenvalue weighted by molar-refractivity contribution is -0.143. The molecule has 1 N–H and O–H groups in total. The van der Waals surface area contributed by atoms with Gasteiger partial charge in [-0.25, -0.2) is 9.37 Å². The first-order valence-corrected chi connectivity index (χ1v) is 10.7. The van der Waals surface area contributed by atoms with Gasteiger partial charge in [-0.1, -0.05) is 24.3 Å². The number of carbonyl (C=O) groups excluding carboxylic acids is 2. The smallest absolute Gasteiger partial charge is 0.262 e. The average molecular weight is 448 g/mol. The second-order valence-electron chi connectivity index (χ2n) is 7.87. The SMILES string of the molecule is COc1cc(/C=C/C(=O)NN2CCCC(c3ccccc3F)C2=O)ccc1-n1cnc(C)c1. The molecule has 1 aliphatic rings. The molecule has 4 rings (SSSR count). The summed E-state index contributed by atoms with van der Waals surface area (Å²) in [5.74, 6) is -1.13. The fraction of sp³-hybridized carbons (Fsp3) is 0.240. The number of benzene rings is 2. The van der Waals surface area contributed by atoms with Gasteiger partial charge in [-0.15, -0.1) is 0 Å². The molecule has 2 heterocycles. The van der Waals surface area contributed by atoms with Gasteiger partial charge in [-0.2, -0.15) is 0 Å². The highest BCUT2D eigenvalue weighted by atomic mass is 19.1. The lowest BCUT2D eigenvalue weighted by atomic mass is 9.90. The van der Waals surface area contributed by atoms with Crippen molar-refractivity contribution >= 4 is 17.9 Å². The number of piperidine rings is 1. The van der Waals surface area contributed by atoms with E-state index < -0.39 is 17.6 Å². The van der Waals surface area contributed by atoms with Gasteiger partial charge in [-0.3, -0.25) is 20.0 Å². The maximum atomic E-state index is 14.2. The van der Waals surface area contributed by atoms with Crippen molar-refractivity contribution in [3.8, 4) is 11.4 Å². The molecule has 170 valence electrons. The zero-order chi connectivity index (χ0) is 23.4. The standard InChI is InChI=1S/C25H25FN4O3/c1-17-15-29(16-27-17)22-11-9-18(14-23(22)33-2)10-12-24(31)28-30-13-5-7-20(25(30)32)19-6-3-4-8-21(19)26/h3-4,6,8-12,14-16,20H,5,7,13H2,1-2H3,(H,28,31)/b12-10+. The summed E-state index contributed by atoms with van der Waals surface area (Å²) in [6.45, 7) is 2.29. The number of aromatic nitrogens is 2. The molecule has 2 amide bonds. The van der Waals surface area contributed by atoms with Crippen LogP contribution in [0.1, 0.15) is 35.6 Å². The molecule has 0 aliphatic carbocycles. The highest BCUT2D eigenvalue weighted by molar-refractivity contribution is 5.94. The molecular formula is C25H25FN4O3. The van der Waals surface area contributed by atoms with Crippen molar-refractivity contribution in [2.75, 3.05) is 13.7 Å². The number of aryl methyl sites for hydroxylation is 1. The third-order valence-electron chi connectivity index (χ3n) is 5.59. The van der Waals surface area contributed by atoms with E-state index in [0.717, 1.165) is 16.9 Å². The van der Waals surface area contributed by atoms with Crippen LogP contribution in [0.3, 0.4) is 0 Å². The number of halogens is 1. The van der Waals surface area contributed by atoms with Gasteiger partial charge in [0.05, 0.1) is 30.7 Å². The molecule has 1 atom stereocenters. The molecule has 8 heteroatoms. The van der Waals surface area contributed by atoms with Gasteiger partial charge in [0.2, 0.25) is 5.91 Å². The normalized spacial score (nSPS) is 16.3. The maximum Gasteiger partial charge on any atom is 0.262 e. The number of ether oxygens (including phenoxy) is 1. The molecule has 1 aliphatic heterocycles. The van der Waals surface area contributed by atoms with E-state index in [4.69, 9.17) is 4.74 Å². The Kier molecular flexibility index (Phi) is 6.53. The van der Waals surface area contributed by atoms with Crippen molar-refractivity contribution in [2.45, 2.75) is 25.7 Å². The molecule has 0 bridgehead atoms. The van der Waals surface area contributed by atoms with Gasteiger partial charge in [0.25, 0.3) is 5.91 Å². The fourth-order valence-corrected chi connectivity index (χ4v) is 3.94. The van der Waals surface area contributed by atoms with Crippen molar-refractivity contribution in [3.63, 3.8) is 0 Å². The van der Waals surface area contributed by atoms with Gasteiger partial charge in [0.15, 0.2) is 0 Å². The number of nitrogens with one attached hydrogen (secondary N) is 1. The van der Waals surface area contributed by atoms with Crippen LogP contribution in [0.25, 0.3) is 11.8 Å². The van der Waals surface area contributed by atoms with Crippen molar-refractivity contribution in [2.24, 2.45) is 0 Å². The monoisotopic (exact) mass is 448 g/mol. The largest absolute Gasteiger partial charge is 0.495 e. The van der Waals surface area contributed by atoms with Crippen molar-refractivity contribution < 1.29 is 18.7 Å². The predicted molar refractivity (Wildman–Crippen MR) is 122 cm³/mol. The first-order chi connectivity index (χ1) is 16.0. The van der Waals surface area contributed by atoms with E-state index in [1.54, 1.807) is 37.7 Å². The fourth-order valence-electron chi connectivity index (χ4n) is 3.94. The summed E-state index contributed by atoms with van der Waals surface area (Å²) in [7, 11) is 1.58. The Balaban J connectivity index is 1.43. The minimum atomic E-state index is -0.604. The molecule has 2 aromatic carbocycles. The van der Waals surface area contributed by atoms with Crippen LogP contribution in [0.4, 0.5) is 4.39 Å². The summed E-state index contributed by atoms with van der Waals surface area (Å²) in [5.41, 5.74) is 5.46. The Morgan fingerprint density at radius 3 is 2.82 bits per heavy atom. The number of hydrogen-bond acceptors (Lipinski definition) is 4. The van der Waals surface area contributed by atoms with Crippen LogP contribution < -0.4 is 10.2 Å². The number of methoxy groups -OCH3 is 1. The number of carbonyl (C=O) groups is 2. The molecule has 1 unspecified atom stereocenters. The third-order valence-corrected chi connectivity index (χ3v) is 5.59. The van der Waals surface area contributed by atoms with Gasteiger partial charge < -0.3 is 9.30 Å². The van der Waals surface area contributed by atoms with E-state index in [9.17, 15) is 14.0 Å². The minimum absolute atomic E-state index is 0.310. The van der Waals surface area contributed by atoms with Crippen LogP contribution >= 0.6 is 0 Å². The summed E-state index contributed by atoms with van der Waals surface area (Å²) in [6.07, 6.45) is 7.82. The predicted octanol–water partition coefficient (Wildman–Crippen LogP) is 3.78. The van der Waals surface area contributed by atoms with E-state index in [0.29, 0.717) is 30.7 Å². The Bertz CT molecular complexity index is 1200. The summed E-state index contributed by atoms with van der Waals surface area (Å²) < 4.78 is 21.5. The molecule has 0 saturated carbocycles. The third kappa shape index (κ3) is 4.95. The number of rotatable bonds is 6. The van der Waals surface area contributed by atoms with Crippen molar-refractivity contribution in [1.29, 1.82) is 0 Å². The van der Waals surface area contributed by atoms with Crippen LogP contribution in [0, 0.1) is 12.7 Å². The summed E-state index contributed by atoms with van der Waals surface area (Å²) >= 11 is 0. The number of hydrazine groups is 1. The van der Waals surface area contributed by atoms with E-state index in [2.05, 4.69) is 10.4 Å². The highest BCUT2D eigenvalue weighted by Gasteiger charge is 2.32. The van der Waals surface area contributed by atoms with Crippen molar-refractivity contribution in [3.05, 3.63) is 83.7 Å². The van der Waals surface area contributed by atoms with E-state index in [-0.39, 0.29) is 5.91 Å². The first-order valence-electron chi connectivity index (χ1n) is 10.7. The molecule has 1 fully saturated rings. The van der Waals surface area contributed by atoms with Crippen LogP contribution in [0.2, 0.25) is 0 Å². The van der Waals surface area contributed by atoms with E-state index >= 15 is 0 Å². The van der Waals surface area contributed by atoms with Crippen molar-refractivity contribution in [1.82, 2.24) is 20.0 Å². The Morgan fingerprint density at radius 2 is 2.09 bits per heavy atom. The zero-order valence-corrected chi connectivity index (χ0v) is 18.5. The van der Waals surface area contributed by atoms with Gasteiger partial charge >= 0.3 is 0 Å². The van der Waals surface area contributed by atoms with Gasteiger partial charge in [0, 0.05) is 24.4 Å². The van der Waals surface area contributed by atoms with Gasteiger partial charge in [0.1, 0.15) is 11.6 Å². The molecular weight excluding hydrogens is 423 g/mol. The van der Waals surface area contributed by atoms with Crippen LogP contribution in [-0.4, -0.2) is 40.0 Å². The number of nitrogens with zero attached hydrogens (tertiary/aromatic N) is 3. The molecule has 7 nitrogen and oxygen atoms in total. The number of amides is 2. The molecule has 3 aromatic rings. The maximum absolute atomic E-state index is 14.2. The highest BCUT2D eigenvalue weighted by Crippen LogP contribution is 2.29. The molecule has 1 saturated heterocycles. The second-order valence-corrected chi connectivity index (χ2v) is 7.87. The Morgan fingerprint density at radius 1 is 1.27 bits per heavy atom. The summed E-state index contributed by atoms with van der Waals surface area (Å²) in [5, 5.41) is 1.28. The lowest BCUT2D eigenvalue weighted by Gasteiger charge is -2.32. The molecule has 0 radical (unpaired) electrons. The average Bonchev–Trinajstić information content (AvgIpc) is 3.25. The number of imidazole rings is 1. The number of hydrogen-bond donors (Lipinski definition) is 1. The minimum Gasteiger partial charge on any atom is -0.495 e. The first kappa shape index (κ1) is 22.3. The molecule has 1 aromatic heterocycles. The Hall–Kier alpha value is -3.94. The van der Waals surface area contributed by atoms with Crippen LogP contribution in [-0.2, 0) is 9.59 Å². The summed E-state index contributed by atoms with van der Waals surface area (Å²) in [6, 6.07) is 11.8.